The number of hydrogen-bond donors (Lipinski definition) is 0. The molecule has 0 aliphatic carbocycles. The highest BCUT2D eigenvalue weighted by molar-refractivity contribution is 6.06. The molecule has 0 aliphatic heterocycles. The molecule has 0 amide bonds. The molecule has 18 heavy (non-hydrogen) atoms. The Morgan fingerprint density at radius 1 is 1.00 bits per heavy atom. The predicted molar refractivity (Wildman–Crippen MR) is 70.9 cm³/mol. The first-order valence-electron chi connectivity index (χ1n) is 5.70. The molecule has 2 aromatic carbocycles. The average molecular weight is 240 g/mol. The number of aryl methyl sites for hydroxylation is 1. The molecule has 2 aromatic rings. The van der Waals surface area contributed by atoms with Crippen LogP contribution in [0.4, 0.5) is 4.39 Å². The topological polar surface area (TPSA) is 17.1 Å². The third-order valence-electron chi connectivity index (χ3n) is 2.63. The predicted octanol–water partition coefficient (Wildman–Crippen LogP) is 4.03. The summed E-state index contributed by atoms with van der Waals surface area (Å²) in [5.41, 5.74) is 2.57. The SMILES string of the molecule is Cc1ccc(C(=O)/C=C\c2ccc(F)cc2)cc1. The summed E-state index contributed by atoms with van der Waals surface area (Å²) >= 11 is 0. The number of carbonyl (C=O) groups excluding carboxylic acids is 1. The van der Waals surface area contributed by atoms with Gasteiger partial charge >= 0.3 is 0 Å². The second kappa shape index (κ2) is 5.41. The zero-order valence-corrected chi connectivity index (χ0v) is 10.1. The molecule has 0 spiro atoms. The Labute approximate surface area is 106 Å². The first kappa shape index (κ1) is 12.2. The number of halogens is 1. The average Bonchev–Trinajstić information content (AvgIpc) is 2.38. The summed E-state index contributed by atoms with van der Waals surface area (Å²) in [7, 11) is 0. The van der Waals surface area contributed by atoms with Gasteiger partial charge in [0.2, 0.25) is 0 Å². The highest BCUT2D eigenvalue weighted by Crippen LogP contribution is 2.08. The van der Waals surface area contributed by atoms with Gasteiger partial charge < -0.3 is 0 Å². The zero-order chi connectivity index (χ0) is 13.0. The Morgan fingerprint density at radius 2 is 1.61 bits per heavy atom. The standard InChI is InChI=1S/C16H13FO/c1-12-2-7-14(8-3-12)16(18)11-6-13-4-9-15(17)10-5-13/h2-11H,1H3/b11-6-. The third kappa shape index (κ3) is 3.14. The van der Waals surface area contributed by atoms with Crippen LogP contribution in [0.1, 0.15) is 21.5 Å². The van der Waals surface area contributed by atoms with Crippen molar-refractivity contribution in [3.05, 3.63) is 77.1 Å². The summed E-state index contributed by atoms with van der Waals surface area (Å²) in [4.78, 5) is 11.8. The van der Waals surface area contributed by atoms with Gasteiger partial charge in [0.05, 0.1) is 0 Å². The van der Waals surface area contributed by atoms with Crippen molar-refractivity contribution < 1.29 is 9.18 Å². The van der Waals surface area contributed by atoms with Gasteiger partial charge in [0, 0.05) is 5.56 Å². The molecule has 0 unspecified atom stereocenters. The maximum atomic E-state index is 12.7. The summed E-state index contributed by atoms with van der Waals surface area (Å²) in [6.07, 6.45) is 3.18. The minimum absolute atomic E-state index is 0.0562. The van der Waals surface area contributed by atoms with Gasteiger partial charge in [-0.1, -0.05) is 48.0 Å². The van der Waals surface area contributed by atoms with Crippen molar-refractivity contribution in [1.82, 2.24) is 0 Å². The molecule has 0 heterocycles. The summed E-state index contributed by atoms with van der Waals surface area (Å²) in [6.45, 7) is 1.97. The summed E-state index contributed by atoms with van der Waals surface area (Å²) in [5.74, 6) is -0.337. The smallest absolute Gasteiger partial charge is 0.185 e. The molecule has 0 fully saturated rings. The molecule has 0 N–H and O–H groups in total. The van der Waals surface area contributed by atoms with Gasteiger partial charge in [-0.25, -0.2) is 4.39 Å². The number of rotatable bonds is 3. The van der Waals surface area contributed by atoms with Gasteiger partial charge in [-0.2, -0.15) is 0 Å². The van der Waals surface area contributed by atoms with E-state index in [-0.39, 0.29) is 11.6 Å². The van der Waals surface area contributed by atoms with Gasteiger partial charge in [0.1, 0.15) is 5.82 Å². The van der Waals surface area contributed by atoms with E-state index in [1.165, 1.54) is 18.2 Å². The molecule has 1 nitrogen and oxygen atoms in total. The fraction of sp³-hybridized carbons (Fsp3) is 0.0625. The largest absolute Gasteiger partial charge is 0.289 e. The summed E-state index contributed by atoms with van der Waals surface area (Å²) in [6, 6.07) is 13.4. The highest BCUT2D eigenvalue weighted by Gasteiger charge is 2.00. The molecule has 0 saturated carbocycles. The monoisotopic (exact) mass is 240 g/mol. The van der Waals surface area contributed by atoms with Crippen molar-refractivity contribution in [1.29, 1.82) is 0 Å². The van der Waals surface area contributed by atoms with Crippen LogP contribution >= 0.6 is 0 Å². The first-order chi connectivity index (χ1) is 8.65. The Morgan fingerprint density at radius 3 is 2.22 bits per heavy atom. The Hall–Kier alpha value is -2.22. The number of carbonyl (C=O) groups is 1. The van der Waals surface area contributed by atoms with Gasteiger partial charge in [-0.05, 0) is 30.7 Å². The van der Waals surface area contributed by atoms with E-state index in [4.69, 9.17) is 0 Å². The lowest BCUT2D eigenvalue weighted by Gasteiger charge is -1.97. The highest BCUT2D eigenvalue weighted by atomic mass is 19.1. The maximum Gasteiger partial charge on any atom is 0.185 e. The van der Waals surface area contributed by atoms with Crippen molar-refractivity contribution in [3.63, 3.8) is 0 Å². The Balaban J connectivity index is 2.11. The molecule has 0 radical (unpaired) electrons. The molecular weight excluding hydrogens is 227 g/mol. The molecule has 2 heteroatoms. The molecular formula is C16H13FO. The van der Waals surface area contributed by atoms with Crippen LogP contribution in [-0.4, -0.2) is 5.78 Å². The number of hydrogen-bond acceptors (Lipinski definition) is 1. The van der Waals surface area contributed by atoms with Crippen LogP contribution < -0.4 is 0 Å². The normalized spacial score (nSPS) is 10.8. The van der Waals surface area contributed by atoms with Gasteiger partial charge in [-0.3, -0.25) is 4.79 Å². The fourth-order valence-corrected chi connectivity index (χ4v) is 1.56. The van der Waals surface area contributed by atoms with E-state index in [2.05, 4.69) is 0 Å². The molecule has 0 bridgehead atoms. The van der Waals surface area contributed by atoms with Gasteiger partial charge in [0.15, 0.2) is 5.78 Å². The van der Waals surface area contributed by atoms with Gasteiger partial charge in [0.25, 0.3) is 0 Å². The third-order valence-corrected chi connectivity index (χ3v) is 2.63. The zero-order valence-electron chi connectivity index (χ0n) is 10.1. The van der Waals surface area contributed by atoms with Crippen LogP contribution in [0.3, 0.4) is 0 Å². The van der Waals surface area contributed by atoms with E-state index >= 15 is 0 Å². The summed E-state index contributed by atoms with van der Waals surface area (Å²) < 4.78 is 12.7. The number of allylic oxidation sites excluding steroid dienone is 1. The number of ketones is 1. The molecule has 90 valence electrons. The van der Waals surface area contributed by atoms with Gasteiger partial charge in [-0.15, -0.1) is 0 Å². The Bertz CT molecular complexity index is 565. The summed E-state index contributed by atoms with van der Waals surface area (Å²) in [5, 5.41) is 0. The van der Waals surface area contributed by atoms with E-state index in [0.717, 1.165) is 11.1 Å². The molecule has 0 aromatic heterocycles. The second-order valence-corrected chi connectivity index (χ2v) is 4.12. The molecule has 0 aliphatic rings. The molecule has 2 rings (SSSR count). The van der Waals surface area contributed by atoms with Crippen molar-refractivity contribution in [2.24, 2.45) is 0 Å². The van der Waals surface area contributed by atoms with Crippen molar-refractivity contribution in [3.8, 4) is 0 Å². The van der Waals surface area contributed by atoms with Crippen molar-refractivity contribution in [2.45, 2.75) is 6.92 Å². The second-order valence-electron chi connectivity index (χ2n) is 4.12. The van der Waals surface area contributed by atoms with Crippen LogP contribution in [0.15, 0.2) is 54.6 Å². The lowest BCUT2D eigenvalue weighted by Crippen LogP contribution is -1.93. The first-order valence-corrected chi connectivity index (χ1v) is 5.70. The van der Waals surface area contributed by atoms with Crippen molar-refractivity contribution in [2.75, 3.05) is 0 Å². The van der Waals surface area contributed by atoms with E-state index in [0.29, 0.717) is 5.56 Å². The van der Waals surface area contributed by atoms with E-state index in [9.17, 15) is 9.18 Å². The number of benzene rings is 2. The lowest BCUT2D eigenvalue weighted by molar-refractivity contribution is 0.104. The van der Waals surface area contributed by atoms with Crippen LogP contribution in [-0.2, 0) is 0 Å². The van der Waals surface area contributed by atoms with Crippen LogP contribution in [0, 0.1) is 12.7 Å². The van der Waals surface area contributed by atoms with Crippen LogP contribution in [0.25, 0.3) is 6.08 Å². The molecule has 0 saturated heterocycles. The van der Waals surface area contributed by atoms with E-state index < -0.39 is 0 Å². The van der Waals surface area contributed by atoms with E-state index in [1.54, 1.807) is 30.3 Å². The van der Waals surface area contributed by atoms with Crippen LogP contribution in [0.2, 0.25) is 0 Å². The minimum Gasteiger partial charge on any atom is -0.289 e. The van der Waals surface area contributed by atoms with Crippen LogP contribution in [0.5, 0.6) is 0 Å². The van der Waals surface area contributed by atoms with E-state index in [1.807, 2.05) is 19.1 Å². The lowest BCUT2D eigenvalue weighted by atomic mass is 10.1. The van der Waals surface area contributed by atoms with Crippen molar-refractivity contribution >= 4 is 11.9 Å². The maximum absolute atomic E-state index is 12.7. The quantitative estimate of drug-likeness (QED) is 0.584. The molecule has 0 atom stereocenters. The minimum atomic E-state index is -0.281. The Kier molecular flexibility index (Phi) is 3.68. The fourth-order valence-electron chi connectivity index (χ4n) is 1.56.